The maximum absolute atomic E-state index is 12.9. The van der Waals surface area contributed by atoms with E-state index in [0.29, 0.717) is 5.56 Å². The average Bonchev–Trinajstić information content (AvgIpc) is 3.10. The molecule has 3 aromatic rings. The Labute approximate surface area is 151 Å². The zero-order chi connectivity index (χ0) is 18.5. The van der Waals surface area contributed by atoms with E-state index in [2.05, 4.69) is 10.5 Å². The Morgan fingerprint density at radius 3 is 2.42 bits per heavy atom. The van der Waals surface area contributed by atoms with Crippen molar-refractivity contribution in [2.75, 3.05) is 19.0 Å². The fraction of sp³-hybridized carbons (Fsp3) is 0.100. The van der Waals surface area contributed by atoms with Crippen molar-refractivity contribution in [2.45, 2.75) is 0 Å². The first-order chi connectivity index (χ1) is 12.5. The summed E-state index contributed by atoms with van der Waals surface area (Å²) in [5.74, 6) is -0.780. The molecule has 0 bridgehead atoms. The molecule has 0 fully saturated rings. The van der Waals surface area contributed by atoms with Crippen LogP contribution in [0.2, 0.25) is 0 Å². The number of hydrogen-bond acceptors (Lipinski definition) is 3. The molecule has 0 aliphatic carbocycles. The van der Waals surface area contributed by atoms with E-state index < -0.39 is 5.91 Å². The number of nitrogens with zero attached hydrogens (tertiary/aromatic N) is 3. The van der Waals surface area contributed by atoms with Gasteiger partial charge in [0.25, 0.3) is 5.91 Å². The summed E-state index contributed by atoms with van der Waals surface area (Å²) < 4.78 is 14.9. The van der Waals surface area contributed by atoms with Crippen LogP contribution in [0.1, 0.15) is 16.1 Å². The molecule has 1 heterocycles. The third-order valence-electron chi connectivity index (χ3n) is 3.89. The number of rotatable bonds is 5. The van der Waals surface area contributed by atoms with Crippen LogP contribution in [0.3, 0.4) is 0 Å². The summed E-state index contributed by atoms with van der Waals surface area (Å²) in [6.45, 7) is 0. The lowest BCUT2D eigenvalue weighted by Crippen LogP contribution is -2.17. The van der Waals surface area contributed by atoms with Gasteiger partial charge < -0.3 is 9.47 Å². The van der Waals surface area contributed by atoms with Crippen molar-refractivity contribution in [2.24, 2.45) is 5.10 Å². The maximum atomic E-state index is 12.9. The molecule has 0 aliphatic heterocycles. The molecule has 2 aromatic carbocycles. The molecule has 6 heteroatoms. The molecule has 1 N–H and O–H groups in total. The van der Waals surface area contributed by atoms with Crippen molar-refractivity contribution in [3.8, 4) is 5.69 Å². The van der Waals surface area contributed by atoms with Gasteiger partial charge in [0.1, 0.15) is 5.82 Å². The predicted octanol–water partition coefficient (Wildman–Crippen LogP) is 3.45. The van der Waals surface area contributed by atoms with Crippen molar-refractivity contribution >= 4 is 17.8 Å². The van der Waals surface area contributed by atoms with E-state index in [0.717, 1.165) is 17.1 Å². The Morgan fingerprint density at radius 2 is 1.77 bits per heavy atom. The lowest BCUT2D eigenvalue weighted by molar-refractivity contribution is 0.0955. The lowest BCUT2D eigenvalue weighted by Gasteiger charge is -2.13. The minimum Gasteiger partial charge on any atom is -0.378 e. The number of halogens is 1. The van der Waals surface area contributed by atoms with Gasteiger partial charge in [-0.25, -0.2) is 9.82 Å². The topological polar surface area (TPSA) is 49.6 Å². The van der Waals surface area contributed by atoms with Gasteiger partial charge in [-0.1, -0.05) is 0 Å². The van der Waals surface area contributed by atoms with Gasteiger partial charge in [-0.2, -0.15) is 5.10 Å². The van der Waals surface area contributed by atoms with Gasteiger partial charge in [0.05, 0.1) is 11.9 Å². The summed E-state index contributed by atoms with van der Waals surface area (Å²) in [7, 11) is 3.99. The number of hydrogen-bond donors (Lipinski definition) is 1. The number of carbonyl (C=O) groups is 1. The summed E-state index contributed by atoms with van der Waals surface area (Å²) in [5, 5.41) is 4.00. The minimum absolute atomic E-state index is 0.346. The van der Waals surface area contributed by atoms with Crippen molar-refractivity contribution in [3.05, 3.63) is 83.9 Å². The molecule has 1 amide bonds. The number of benzene rings is 2. The highest BCUT2D eigenvalue weighted by atomic mass is 19.1. The number of hydrazone groups is 1. The van der Waals surface area contributed by atoms with E-state index in [9.17, 15) is 9.18 Å². The first kappa shape index (κ1) is 17.4. The lowest BCUT2D eigenvalue weighted by atomic mass is 10.2. The molecule has 132 valence electrons. The molecule has 26 heavy (non-hydrogen) atoms. The normalized spacial score (nSPS) is 10.9. The second-order valence-corrected chi connectivity index (χ2v) is 5.92. The second-order valence-electron chi connectivity index (χ2n) is 5.92. The number of carbonyl (C=O) groups excluding carboxylic acids is 1. The van der Waals surface area contributed by atoms with Crippen LogP contribution < -0.4 is 10.3 Å². The maximum Gasteiger partial charge on any atom is 0.271 e. The Kier molecular flexibility index (Phi) is 5.12. The van der Waals surface area contributed by atoms with Crippen molar-refractivity contribution in [3.63, 3.8) is 0 Å². The molecular weight excluding hydrogens is 331 g/mol. The van der Waals surface area contributed by atoms with Gasteiger partial charge in [-0.15, -0.1) is 0 Å². The zero-order valence-corrected chi connectivity index (χ0v) is 14.6. The molecule has 0 radical (unpaired) electrons. The molecule has 5 nitrogen and oxygen atoms in total. The molecule has 3 rings (SSSR count). The number of nitrogens with one attached hydrogen (secondary N) is 1. The molecule has 0 saturated heterocycles. The van der Waals surface area contributed by atoms with Crippen LogP contribution >= 0.6 is 0 Å². The minimum atomic E-state index is -0.394. The summed E-state index contributed by atoms with van der Waals surface area (Å²) in [4.78, 5) is 14.0. The van der Waals surface area contributed by atoms with Gasteiger partial charge in [-0.05, 0) is 60.7 Å². The van der Waals surface area contributed by atoms with Gasteiger partial charge in [0, 0.05) is 37.2 Å². The molecule has 0 saturated carbocycles. The Morgan fingerprint density at radius 1 is 1.08 bits per heavy atom. The van der Waals surface area contributed by atoms with Gasteiger partial charge in [-0.3, -0.25) is 4.79 Å². The Bertz CT molecular complexity index is 912. The van der Waals surface area contributed by atoms with Gasteiger partial charge >= 0.3 is 0 Å². The number of aromatic nitrogens is 1. The summed E-state index contributed by atoms with van der Waals surface area (Å²) >= 11 is 0. The molecule has 1 aromatic heterocycles. The molecule has 0 spiro atoms. The number of anilines is 1. The SMILES string of the molecule is CN(C)c1ccc(-n2cccc2/C=N\NC(=O)c2ccc(F)cc2)cc1. The van der Waals surface area contributed by atoms with Crippen LogP contribution in [0.5, 0.6) is 0 Å². The van der Waals surface area contributed by atoms with Crippen LogP contribution in [0.25, 0.3) is 5.69 Å². The first-order valence-corrected chi connectivity index (χ1v) is 8.09. The fourth-order valence-electron chi connectivity index (χ4n) is 2.47. The second kappa shape index (κ2) is 7.65. The zero-order valence-electron chi connectivity index (χ0n) is 14.6. The van der Waals surface area contributed by atoms with Crippen LogP contribution in [0.15, 0.2) is 72.0 Å². The summed E-state index contributed by atoms with van der Waals surface area (Å²) in [5.41, 5.74) is 5.72. The van der Waals surface area contributed by atoms with E-state index in [1.807, 2.05) is 66.2 Å². The van der Waals surface area contributed by atoms with Gasteiger partial charge in [0.15, 0.2) is 0 Å². The fourth-order valence-corrected chi connectivity index (χ4v) is 2.47. The third-order valence-corrected chi connectivity index (χ3v) is 3.89. The number of amides is 1. The largest absolute Gasteiger partial charge is 0.378 e. The smallest absolute Gasteiger partial charge is 0.271 e. The van der Waals surface area contributed by atoms with Crippen molar-refractivity contribution < 1.29 is 9.18 Å². The highest BCUT2D eigenvalue weighted by molar-refractivity contribution is 5.94. The highest BCUT2D eigenvalue weighted by Gasteiger charge is 2.05. The van der Waals surface area contributed by atoms with Crippen molar-refractivity contribution in [1.29, 1.82) is 0 Å². The van der Waals surface area contributed by atoms with Crippen LogP contribution in [0, 0.1) is 5.82 Å². The Hall–Kier alpha value is -3.41. The van der Waals surface area contributed by atoms with E-state index in [1.54, 1.807) is 6.21 Å². The molecular formula is C20H19FN4O. The first-order valence-electron chi connectivity index (χ1n) is 8.09. The summed E-state index contributed by atoms with van der Waals surface area (Å²) in [6.07, 6.45) is 3.50. The quantitative estimate of drug-likeness (QED) is 0.566. The average molecular weight is 350 g/mol. The van der Waals surface area contributed by atoms with Crippen LogP contribution in [-0.4, -0.2) is 30.8 Å². The predicted molar refractivity (Wildman–Crippen MR) is 102 cm³/mol. The Balaban J connectivity index is 1.71. The van der Waals surface area contributed by atoms with E-state index in [4.69, 9.17) is 0 Å². The van der Waals surface area contributed by atoms with Crippen LogP contribution in [0.4, 0.5) is 10.1 Å². The highest BCUT2D eigenvalue weighted by Crippen LogP contribution is 2.17. The molecule has 0 unspecified atom stereocenters. The molecule has 0 aliphatic rings. The monoisotopic (exact) mass is 350 g/mol. The summed E-state index contributed by atoms with van der Waals surface area (Å²) in [6, 6.07) is 17.2. The van der Waals surface area contributed by atoms with E-state index >= 15 is 0 Å². The van der Waals surface area contributed by atoms with E-state index in [-0.39, 0.29) is 5.82 Å². The van der Waals surface area contributed by atoms with Gasteiger partial charge in [0.2, 0.25) is 0 Å². The van der Waals surface area contributed by atoms with Crippen molar-refractivity contribution in [1.82, 2.24) is 9.99 Å². The standard InChI is InChI=1S/C20H19FN4O/c1-24(2)17-9-11-18(12-10-17)25-13-3-4-19(25)14-22-23-20(26)15-5-7-16(21)8-6-15/h3-14H,1-2H3,(H,23,26)/b22-14-. The van der Waals surface area contributed by atoms with E-state index in [1.165, 1.54) is 24.3 Å². The van der Waals surface area contributed by atoms with Crippen LogP contribution in [-0.2, 0) is 0 Å². The molecule has 0 atom stereocenters. The third kappa shape index (κ3) is 3.97.